The number of halogens is 4. The van der Waals surface area contributed by atoms with Crippen LogP contribution in [-0.2, 0) is 29.4 Å². The van der Waals surface area contributed by atoms with Crippen LogP contribution in [0.2, 0.25) is 5.02 Å². The lowest BCUT2D eigenvalue weighted by Crippen LogP contribution is -2.48. The van der Waals surface area contributed by atoms with Crippen molar-refractivity contribution in [3.63, 3.8) is 0 Å². The van der Waals surface area contributed by atoms with Crippen LogP contribution in [0.3, 0.4) is 0 Å². The van der Waals surface area contributed by atoms with Crippen molar-refractivity contribution in [1.82, 2.24) is 0 Å². The Bertz CT molecular complexity index is 692. The molecule has 0 aliphatic carbocycles. The Morgan fingerprint density at radius 2 is 2.24 bits per heavy atom. The maximum Gasteiger partial charge on any atom is 0.527 e. The smallest absolute Gasteiger partial charge is 0.403 e. The van der Waals surface area contributed by atoms with Gasteiger partial charge in [-0.1, -0.05) is 24.6 Å². The first kappa shape index (κ1) is 18.9. The molecular formula is C13H15ClF3O7P. The average Bonchev–Trinajstić information content (AvgIpc) is 2.53. The van der Waals surface area contributed by atoms with E-state index in [1.54, 1.807) is 6.92 Å². The lowest BCUT2D eigenvalue weighted by molar-refractivity contribution is -0.552. The third-order valence-electron chi connectivity index (χ3n) is 2.83. The minimum Gasteiger partial charge on any atom is -0.403 e. The van der Waals surface area contributed by atoms with E-state index in [0.717, 1.165) is 6.07 Å². The van der Waals surface area contributed by atoms with Crippen molar-refractivity contribution >= 4 is 19.4 Å². The van der Waals surface area contributed by atoms with Gasteiger partial charge in [-0.05, 0) is 18.6 Å². The van der Waals surface area contributed by atoms with Crippen LogP contribution < -0.4 is 4.52 Å². The normalized spacial score (nSPS) is 26.5. The van der Waals surface area contributed by atoms with Crippen molar-refractivity contribution in [2.75, 3.05) is 19.8 Å². The van der Waals surface area contributed by atoms with Gasteiger partial charge in [-0.3, -0.25) is 9.42 Å². The Morgan fingerprint density at radius 3 is 2.76 bits per heavy atom. The molecule has 2 rings (SSSR count). The van der Waals surface area contributed by atoms with Crippen LogP contribution in [0.15, 0.2) is 18.2 Å². The quantitative estimate of drug-likeness (QED) is 0.515. The second-order valence-electron chi connectivity index (χ2n) is 4.91. The number of phosphoric ester groups is 1. The second kappa shape index (κ2) is 7.79. The van der Waals surface area contributed by atoms with Gasteiger partial charge in [-0.2, -0.15) is 18.1 Å². The van der Waals surface area contributed by atoms with Crippen LogP contribution >= 0.6 is 19.4 Å². The molecule has 25 heavy (non-hydrogen) atoms. The van der Waals surface area contributed by atoms with Gasteiger partial charge in [-0.15, -0.1) is 0 Å². The number of ether oxygens (including phenoxy) is 1. The van der Waals surface area contributed by atoms with Crippen molar-refractivity contribution in [1.29, 1.82) is 0 Å². The van der Waals surface area contributed by atoms with Crippen LogP contribution in [0.1, 0.15) is 20.3 Å². The van der Waals surface area contributed by atoms with Crippen LogP contribution in [0.5, 0.6) is 5.75 Å². The summed E-state index contributed by atoms with van der Waals surface area (Å²) < 4.78 is 71.0. The van der Waals surface area contributed by atoms with Crippen LogP contribution in [0, 0.1) is 0 Å². The molecule has 0 spiro atoms. The summed E-state index contributed by atoms with van der Waals surface area (Å²) in [5, 5.41) is -0.115. The molecule has 0 bridgehead atoms. The Kier molecular flexibility index (Phi) is 5.89. The van der Waals surface area contributed by atoms with E-state index in [1.807, 2.05) is 0 Å². The van der Waals surface area contributed by atoms with E-state index in [2.05, 4.69) is 14.3 Å². The Hall–Kier alpha value is -0.870. The van der Waals surface area contributed by atoms with Gasteiger partial charge in [0.1, 0.15) is 13.2 Å². The number of phosphoric acid groups is 1. The van der Waals surface area contributed by atoms with E-state index in [-0.39, 0.29) is 22.9 Å². The van der Waals surface area contributed by atoms with Gasteiger partial charge >= 0.3 is 14.0 Å². The number of alkyl halides is 3. The van der Waals surface area contributed by atoms with E-state index in [9.17, 15) is 22.6 Å². The van der Waals surface area contributed by atoms with E-state index in [0.29, 0.717) is 6.42 Å². The first-order valence-corrected chi connectivity index (χ1v) is 8.81. The molecule has 1 aliphatic heterocycles. The third-order valence-corrected chi connectivity index (χ3v) is 4.08. The van der Waals surface area contributed by atoms with Gasteiger partial charge in [0.25, 0.3) is 5.79 Å². The molecule has 7 nitrogen and oxygen atoms in total. The molecule has 1 aliphatic rings. The van der Waals surface area contributed by atoms with Gasteiger partial charge in [-0.25, -0.2) is 9.45 Å². The minimum absolute atomic E-state index is 0.0601. The topological polar surface area (TPSA) is 83.5 Å². The summed E-state index contributed by atoms with van der Waals surface area (Å²) in [6, 6.07) is 3.41. The molecule has 1 fully saturated rings. The lowest BCUT2D eigenvalue weighted by Gasteiger charge is -2.39. The summed E-state index contributed by atoms with van der Waals surface area (Å²) in [7, 11) is -4.50. The molecule has 1 aromatic rings. The number of rotatable bonds is 8. The zero-order valence-corrected chi connectivity index (χ0v) is 14.4. The number of benzene rings is 1. The molecule has 3 atom stereocenters. The van der Waals surface area contributed by atoms with Crippen molar-refractivity contribution in [3.05, 3.63) is 28.8 Å². The molecule has 0 amide bonds. The van der Waals surface area contributed by atoms with Crippen molar-refractivity contribution in [2.24, 2.45) is 0 Å². The third kappa shape index (κ3) is 5.55. The molecule has 12 heteroatoms. The molecule has 0 aromatic heterocycles. The Morgan fingerprint density at radius 1 is 1.52 bits per heavy atom. The van der Waals surface area contributed by atoms with Gasteiger partial charge in [0.15, 0.2) is 5.75 Å². The predicted molar refractivity (Wildman–Crippen MR) is 78.9 cm³/mol. The minimum atomic E-state index is -4.67. The van der Waals surface area contributed by atoms with E-state index >= 15 is 0 Å². The average molecular weight is 409 g/mol. The van der Waals surface area contributed by atoms with Gasteiger partial charge < -0.3 is 9.26 Å². The van der Waals surface area contributed by atoms with Crippen LogP contribution in [0.25, 0.3) is 0 Å². The van der Waals surface area contributed by atoms with E-state index in [1.165, 1.54) is 12.1 Å². The summed E-state index contributed by atoms with van der Waals surface area (Å²) in [5.41, 5.74) is -0.122. The SMILES string of the molecule is [3H]C1OOC1(OCC(F)(F)F)c1ccc(Cl)c(OP(=O)(O)OCCC)c1. The molecule has 3 unspecified atom stereocenters. The standard InChI is InChI=1S/C13H15ClF3O7P/c1-2-5-22-25(18,19)23-11-6-9(3-4-10(11)14)12(7-21-24-12)20-8-13(15,16)17/h3-4,6H,2,5,7-8H2,1H3,(H,18,19)/i7T. The maximum absolute atomic E-state index is 12.5. The molecule has 1 aromatic carbocycles. The summed E-state index contributed by atoms with van der Waals surface area (Å²) in [6.07, 6.45) is -4.23. The second-order valence-corrected chi connectivity index (χ2v) is 6.69. The van der Waals surface area contributed by atoms with E-state index in [4.69, 9.17) is 22.2 Å². The zero-order chi connectivity index (χ0) is 19.6. The first-order chi connectivity index (χ1) is 12.0. The highest BCUT2D eigenvalue weighted by molar-refractivity contribution is 7.47. The summed E-state index contributed by atoms with van der Waals surface area (Å²) in [6.45, 7) is -1.69. The molecule has 1 N–H and O–H groups in total. The van der Waals surface area contributed by atoms with Crippen molar-refractivity contribution in [3.8, 4) is 5.75 Å². The molecule has 1 saturated heterocycles. The maximum atomic E-state index is 12.5. The van der Waals surface area contributed by atoms with Gasteiger partial charge in [0, 0.05) is 5.56 Å². The monoisotopic (exact) mass is 408 g/mol. The summed E-state index contributed by atoms with van der Waals surface area (Å²) in [5.74, 6) is -2.55. The number of hydrogen-bond donors (Lipinski definition) is 1. The van der Waals surface area contributed by atoms with Crippen LogP contribution in [-0.4, -0.2) is 30.9 Å². The summed E-state index contributed by atoms with van der Waals surface area (Å²) >= 11 is 5.88. The highest BCUT2D eigenvalue weighted by atomic mass is 35.5. The molecule has 0 saturated carbocycles. The molecule has 1 heterocycles. The van der Waals surface area contributed by atoms with Gasteiger partial charge in [0.2, 0.25) is 0 Å². The van der Waals surface area contributed by atoms with Crippen molar-refractivity contribution in [2.45, 2.75) is 25.3 Å². The fourth-order valence-corrected chi connectivity index (χ4v) is 2.81. The predicted octanol–water partition coefficient (Wildman–Crippen LogP) is 3.94. The highest BCUT2D eigenvalue weighted by Crippen LogP contribution is 2.47. The Balaban J connectivity index is 2.27. The largest absolute Gasteiger partial charge is 0.527 e. The molecule has 0 radical (unpaired) electrons. The van der Waals surface area contributed by atoms with Crippen LogP contribution in [0.4, 0.5) is 13.2 Å². The highest BCUT2D eigenvalue weighted by Gasteiger charge is 2.48. The van der Waals surface area contributed by atoms with E-state index < -0.39 is 33.0 Å². The fourth-order valence-electron chi connectivity index (χ4n) is 1.73. The zero-order valence-electron chi connectivity index (χ0n) is 13.8. The Labute approximate surface area is 147 Å². The molecular weight excluding hydrogens is 392 g/mol. The molecule has 142 valence electrons. The first-order valence-electron chi connectivity index (χ1n) is 7.51. The van der Waals surface area contributed by atoms with Gasteiger partial charge in [0.05, 0.1) is 13.0 Å². The van der Waals surface area contributed by atoms with Crippen molar-refractivity contribution < 1.29 is 47.6 Å². The lowest BCUT2D eigenvalue weighted by atomic mass is 10.1. The fraction of sp³-hybridized carbons (Fsp3) is 0.538. The summed E-state index contributed by atoms with van der Waals surface area (Å²) in [4.78, 5) is 18.6. The number of hydrogen-bond acceptors (Lipinski definition) is 6.